The maximum atomic E-state index is 9.69. The Morgan fingerprint density at radius 1 is 1.46 bits per heavy atom. The zero-order valence-electron chi connectivity index (χ0n) is 7.54. The highest BCUT2D eigenvalue weighted by atomic mass is 16.3. The van der Waals surface area contributed by atoms with Gasteiger partial charge >= 0.3 is 0 Å². The van der Waals surface area contributed by atoms with Gasteiger partial charge in [-0.05, 0) is 31.4 Å². The summed E-state index contributed by atoms with van der Waals surface area (Å²) in [6.07, 6.45) is 1.57. The van der Waals surface area contributed by atoms with Crippen molar-refractivity contribution in [1.82, 2.24) is 0 Å². The van der Waals surface area contributed by atoms with Gasteiger partial charge in [0.1, 0.15) is 11.5 Å². The summed E-state index contributed by atoms with van der Waals surface area (Å²) in [5, 5.41) is 19.3. The van der Waals surface area contributed by atoms with Crippen molar-refractivity contribution in [2.24, 2.45) is 5.73 Å². The van der Waals surface area contributed by atoms with Crippen LogP contribution in [0.1, 0.15) is 29.2 Å². The second kappa shape index (κ2) is 2.64. The molecule has 0 spiro atoms. The van der Waals surface area contributed by atoms with Crippen LogP contribution < -0.4 is 5.73 Å². The Morgan fingerprint density at radius 3 is 2.85 bits per heavy atom. The van der Waals surface area contributed by atoms with Crippen LogP contribution in [0.25, 0.3) is 0 Å². The topological polar surface area (TPSA) is 66.5 Å². The molecule has 0 heterocycles. The molecule has 1 aliphatic carbocycles. The minimum Gasteiger partial charge on any atom is -0.508 e. The molecule has 0 radical (unpaired) electrons. The van der Waals surface area contributed by atoms with Crippen molar-refractivity contribution in [2.75, 3.05) is 0 Å². The molecule has 1 aromatic carbocycles. The van der Waals surface area contributed by atoms with E-state index in [-0.39, 0.29) is 11.8 Å². The van der Waals surface area contributed by atoms with E-state index in [1.54, 1.807) is 13.0 Å². The van der Waals surface area contributed by atoms with Gasteiger partial charge in [0.05, 0.1) is 0 Å². The molecule has 0 bridgehead atoms. The van der Waals surface area contributed by atoms with Crippen LogP contribution in [0.2, 0.25) is 0 Å². The fourth-order valence-electron chi connectivity index (χ4n) is 1.98. The van der Waals surface area contributed by atoms with Gasteiger partial charge in [0.2, 0.25) is 0 Å². The number of hydrogen-bond acceptors (Lipinski definition) is 3. The van der Waals surface area contributed by atoms with E-state index in [4.69, 9.17) is 5.73 Å². The molecule has 0 saturated carbocycles. The smallest absolute Gasteiger partial charge is 0.122 e. The zero-order chi connectivity index (χ0) is 9.59. The Hall–Kier alpha value is -1.22. The van der Waals surface area contributed by atoms with Crippen LogP contribution >= 0.6 is 0 Å². The Labute approximate surface area is 76.8 Å². The maximum absolute atomic E-state index is 9.69. The molecule has 1 aromatic rings. The van der Waals surface area contributed by atoms with Crippen LogP contribution in [0.4, 0.5) is 0 Å². The summed E-state index contributed by atoms with van der Waals surface area (Å²) in [7, 11) is 0. The fourth-order valence-corrected chi connectivity index (χ4v) is 1.98. The standard InChI is InChI=1S/C10H13NO2/c1-5-4-8(12)9-6(10(5)13)2-3-7(9)11/h4,7,12-13H,2-3,11H2,1H3/t7-/m0/s1. The quantitative estimate of drug-likeness (QED) is 0.527. The van der Waals surface area contributed by atoms with Crippen molar-refractivity contribution in [1.29, 1.82) is 0 Å². The molecule has 70 valence electrons. The van der Waals surface area contributed by atoms with Crippen molar-refractivity contribution in [3.63, 3.8) is 0 Å². The predicted octanol–water partition coefficient (Wildman–Crippen LogP) is 1.35. The van der Waals surface area contributed by atoms with E-state index in [2.05, 4.69) is 0 Å². The highest BCUT2D eigenvalue weighted by Crippen LogP contribution is 2.42. The number of phenolic OH excluding ortho intramolecular Hbond substituents is 2. The molecule has 0 unspecified atom stereocenters. The molecule has 3 heteroatoms. The Morgan fingerprint density at radius 2 is 2.15 bits per heavy atom. The summed E-state index contributed by atoms with van der Waals surface area (Å²) in [4.78, 5) is 0. The fraction of sp³-hybridized carbons (Fsp3) is 0.400. The molecule has 3 nitrogen and oxygen atoms in total. The Kier molecular flexibility index (Phi) is 1.70. The molecule has 1 atom stereocenters. The van der Waals surface area contributed by atoms with Crippen LogP contribution in [-0.4, -0.2) is 10.2 Å². The van der Waals surface area contributed by atoms with Crippen molar-refractivity contribution in [3.8, 4) is 11.5 Å². The lowest BCUT2D eigenvalue weighted by Crippen LogP contribution is -2.05. The van der Waals surface area contributed by atoms with Gasteiger partial charge in [-0.25, -0.2) is 0 Å². The zero-order valence-corrected chi connectivity index (χ0v) is 7.54. The highest BCUT2D eigenvalue weighted by Gasteiger charge is 2.26. The maximum Gasteiger partial charge on any atom is 0.122 e. The lowest BCUT2D eigenvalue weighted by atomic mass is 10.0. The minimum atomic E-state index is -0.124. The van der Waals surface area contributed by atoms with E-state index in [1.165, 1.54) is 0 Å². The lowest BCUT2D eigenvalue weighted by molar-refractivity contribution is 0.447. The number of aromatic hydroxyl groups is 2. The molecule has 2 rings (SSSR count). The van der Waals surface area contributed by atoms with Gasteiger partial charge in [-0.3, -0.25) is 0 Å². The number of hydrogen-bond donors (Lipinski definition) is 3. The van der Waals surface area contributed by atoms with Gasteiger partial charge in [0.15, 0.2) is 0 Å². The third-order valence-corrected chi connectivity index (χ3v) is 2.69. The van der Waals surface area contributed by atoms with Crippen LogP contribution in [0.15, 0.2) is 6.07 Å². The summed E-state index contributed by atoms with van der Waals surface area (Å²) >= 11 is 0. The molecule has 0 aromatic heterocycles. The average molecular weight is 179 g/mol. The normalized spacial score (nSPS) is 20.3. The Balaban J connectivity index is 2.69. The number of fused-ring (bicyclic) bond motifs is 1. The summed E-state index contributed by atoms with van der Waals surface area (Å²) in [6, 6.07) is 1.45. The average Bonchev–Trinajstić information content (AvgIpc) is 2.44. The van der Waals surface area contributed by atoms with Crippen LogP contribution in [0.5, 0.6) is 11.5 Å². The van der Waals surface area contributed by atoms with E-state index < -0.39 is 0 Å². The molecule has 1 aliphatic rings. The van der Waals surface area contributed by atoms with Crippen LogP contribution in [0.3, 0.4) is 0 Å². The van der Waals surface area contributed by atoms with Gasteiger partial charge in [-0.1, -0.05) is 0 Å². The van der Waals surface area contributed by atoms with Gasteiger partial charge in [-0.2, -0.15) is 0 Å². The number of phenols is 2. The number of nitrogens with two attached hydrogens (primary N) is 1. The van der Waals surface area contributed by atoms with Crippen LogP contribution in [-0.2, 0) is 6.42 Å². The number of aryl methyl sites for hydroxylation is 1. The number of benzene rings is 1. The summed E-state index contributed by atoms with van der Waals surface area (Å²) in [6.45, 7) is 1.78. The first-order valence-electron chi connectivity index (χ1n) is 4.41. The van der Waals surface area contributed by atoms with Gasteiger partial charge < -0.3 is 15.9 Å². The van der Waals surface area contributed by atoms with Crippen molar-refractivity contribution >= 4 is 0 Å². The lowest BCUT2D eigenvalue weighted by Gasteiger charge is -2.10. The van der Waals surface area contributed by atoms with Crippen LogP contribution in [0, 0.1) is 6.92 Å². The van der Waals surface area contributed by atoms with Crippen molar-refractivity contribution in [3.05, 3.63) is 22.8 Å². The van der Waals surface area contributed by atoms with Crippen molar-refractivity contribution < 1.29 is 10.2 Å². The van der Waals surface area contributed by atoms with Crippen molar-refractivity contribution in [2.45, 2.75) is 25.8 Å². The first kappa shape index (κ1) is 8.38. The van der Waals surface area contributed by atoms with E-state index in [1.807, 2.05) is 0 Å². The molecule has 4 N–H and O–H groups in total. The first-order valence-corrected chi connectivity index (χ1v) is 4.41. The third-order valence-electron chi connectivity index (χ3n) is 2.69. The van der Waals surface area contributed by atoms with E-state index in [0.717, 1.165) is 24.0 Å². The highest BCUT2D eigenvalue weighted by molar-refractivity contribution is 5.55. The molecule has 0 amide bonds. The number of rotatable bonds is 0. The summed E-state index contributed by atoms with van der Waals surface area (Å²) in [5.41, 5.74) is 8.06. The molecule has 0 fully saturated rings. The largest absolute Gasteiger partial charge is 0.508 e. The molecule has 0 saturated heterocycles. The minimum absolute atomic E-state index is 0.124. The molecule has 0 aliphatic heterocycles. The van der Waals surface area contributed by atoms with E-state index >= 15 is 0 Å². The van der Waals surface area contributed by atoms with Gasteiger partial charge in [0.25, 0.3) is 0 Å². The van der Waals surface area contributed by atoms with E-state index in [9.17, 15) is 10.2 Å². The molecular formula is C10H13NO2. The summed E-state index contributed by atoms with van der Waals surface area (Å²) < 4.78 is 0. The molecular weight excluding hydrogens is 166 g/mol. The van der Waals surface area contributed by atoms with E-state index in [0.29, 0.717) is 11.3 Å². The van der Waals surface area contributed by atoms with Gasteiger partial charge in [0, 0.05) is 17.2 Å². The third kappa shape index (κ3) is 1.08. The summed E-state index contributed by atoms with van der Waals surface area (Å²) in [5.74, 6) is 0.510. The second-order valence-electron chi connectivity index (χ2n) is 3.60. The first-order chi connectivity index (χ1) is 6.11. The molecule has 13 heavy (non-hydrogen) atoms. The monoisotopic (exact) mass is 179 g/mol. The second-order valence-corrected chi connectivity index (χ2v) is 3.60. The SMILES string of the molecule is Cc1cc(O)c2c(c1O)CC[C@@H]2N. The predicted molar refractivity (Wildman–Crippen MR) is 49.8 cm³/mol. The van der Waals surface area contributed by atoms with Gasteiger partial charge in [-0.15, -0.1) is 0 Å². The Bertz CT molecular complexity index is 360.